The van der Waals surface area contributed by atoms with Gasteiger partial charge in [0, 0.05) is 25.6 Å². The van der Waals surface area contributed by atoms with E-state index in [0.29, 0.717) is 25.9 Å². The number of hydrogen-bond acceptors (Lipinski definition) is 8. The maximum absolute atomic E-state index is 14.2. The van der Waals surface area contributed by atoms with Crippen LogP contribution >= 0.6 is 0 Å². The molecule has 0 spiro atoms. The molecule has 4 aliphatic heterocycles. The maximum atomic E-state index is 14.2. The summed E-state index contributed by atoms with van der Waals surface area (Å²) in [6.07, 6.45) is 5.46. The highest BCUT2D eigenvalue weighted by Crippen LogP contribution is 2.37. The number of β-lactam (4-membered cyclic amide) rings is 1. The zero-order valence-electron chi connectivity index (χ0n) is 25.3. The molecule has 0 aromatic heterocycles. The number of carbonyl (C=O) groups is 5. The van der Waals surface area contributed by atoms with Crippen LogP contribution in [0.15, 0.2) is 24.3 Å². The minimum absolute atomic E-state index is 0.0659. The first-order chi connectivity index (χ1) is 20.7. The molecule has 11 heteroatoms. The van der Waals surface area contributed by atoms with Gasteiger partial charge >= 0.3 is 12.0 Å². The number of ketones is 1. The van der Waals surface area contributed by atoms with Gasteiger partial charge in [0.2, 0.25) is 5.91 Å². The van der Waals surface area contributed by atoms with E-state index in [-0.39, 0.29) is 24.9 Å². The second kappa shape index (κ2) is 12.0. The first kappa shape index (κ1) is 29.7. The number of fused-ring (bicyclic) bond motifs is 1. The lowest BCUT2D eigenvalue weighted by Gasteiger charge is -2.50. The number of benzene rings is 1. The van der Waals surface area contributed by atoms with Gasteiger partial charge in [0.1, 0.15) is 12.1 Å². The fraction of sp³-hybridized carbons (Fsp3) is 0.656. The molecule has 1 aliphatic carbocycles. The number of rotatable bonds is 8. The molecule has 4 heterocycles. The molecule has 0 bridgehead atoms. The van der Waals surface area contributed by atoms with Crippen molar-refractivity contribution in [2.24, 2.45) is 0 Å². The first-order valence-electron chi connectivity index (χ1n) is 16.0. The van der Waals surface area contributed by atoms with Gasteiger partial charge in [-0.3, -0.25) is 29.4 Å². The molecule has 0 radical (unpaired) electrons. The van der Waals surface area contributed by atoms with Gasteiger partial charge < -0.3 is 14.5 Å². The number of nitrogens with one attached hydrogen (secondary N) is 1. The Kier molecular flexibility index (Phi) is 8.30. The van der Waals surface area contributed by atoms with Crippen LogP contribution < -0.4 is 5.32 Å². The fourth-order valence-electron chi connectivity index (χ4n) is 7.22. The van der Waals surface area contributed by atoms with E-state index in [1.54, 1.807) is 4.90 Å². The zero-order chi connectivity index (χ0) is 30.3. The van der Waals surface area contributed by atoms with Gasteiger partial charge in [-0.1, -0.05) is 44.0 Å². The van der Waals surface area contributed by atoms with Crippen LogP contribution in [0.4, 0.5) is 4.79 Å². The molecule has 43 heavy (non-hydrogen) atoms. The second-order valence-electron chi connectivity index (χ2n) is 12.8. The summed E-state index contributed by atoms with van der Waals surface area (Å²) in [5.74, 6) is -2.23. The highest BCUT2D eigenvalue weighted by Gasteiger charge is 2.65. The molecule has 11 nitrogen and oxygen atoms in total. The largest absolute Gasteiger partial charge is 0.444 e. The average molecular weight is 594 g/mol. The summed E-state index contributed by atoms with van der Waals surface area (Å²) in [7, 11) is 0. The Morgan fingerprint density at radius 2 is 1.77 bits per heavy atom. The summed E-state index contributed by atoms with van der Waals surface area (Å²) in [6, 6.07) is 6.64. The monoisotopic (exact) mass is 593 g/mol. The summed E-state index contributed by atoms with van der Waals surface area (Å²) in [6.45, 7) is 6.40. The number of imide groups is 1. The van der Waals surface area contributed by atoms with Crippen LogP contribution in [-0.4, -0.2) is 105 Å². The van der Waals surface area contributed by atoms with Gasteiger partial charge in [-0.25, -0.2) is 9.69 Å². The van der Waals surface area contributed by atoms with Crippen LogP contribution in [0.3, 0.4) is 0 Å². The Morgan fingerprint density at radius 1 is 1.05 bits per heavy atom. The number of likely N-dealkylation sites (tertiary alicyclic amines) is 3. The molecule has 1 aromatic carbocycles. The molecule has 4 amide bonds. The van der Waals surface area contributed by atoms with Crippen LogP contribution in [0.25, 0.3) is 0 Å². The molecule has 5 aliphatic rings. The average Bonchev–Trinajstić information content (AvgIpc) is 3.75. The Labute approximate surface area is 252 Å². The molecule has 232 valence electrons. The van der Waals surface area contributed by atoms with Gasteiger partial charge in [-0.2, -0.15) is 0 Å². The first-order valence-corrected chi connectivity index (χ1v) is 16.0. The molecule has 3 saturated heterocycles. The summed E-state index contributed by atoms with van der Waals surface area (Å²) in [4.78, 5) is 73.8. The van der Waals surface area contributed by atoms with Crippen molar-refractivity contribution >= 4 is 29.6 Å². The lowest BCUT2D eigenvalue weighted by Crippen LogP contribution is -2.81. The minimum Gasteiger partial charge on any atom is -0.444 e. The van der Waals surface area contributed by atoms with Crippen molar-refractivity contribution in [2.45, 2.75) is 108 Å². The number of hydrogen-bond donors (Lipinski definition) is 1. The Balaban J connectivity index is 1.22. The predicted molar refractivity (Wildman–Crippen MR) is 156 cm³/mol. The molecular formula is C32H43N5O6. The van der Waals surface area contributed by atoms with Gasteiger partial charge in [-0.15, -0.1) is 0 Å². The van der Waals surface area contributed by atoms with E-state index in [2.05, 4.69) is 16.3 Å². The molecule has 4 fully saturated rings. The Bertz CT molecular complexity index is 1290. The van der Waals surface area contributed by atoms with E-state index in [4.69, 9.17) is 4.74 Å². The van der Waals surface area contributed by atoms with Crippen molar-refractivity contribution in [1.29, 1.82) is 0 Å². The minimum atomic E-state index is -1.37. The van der Waals surface area contributed by atoms with Crippen LogP contribution in [-0.2, 0) is 36.9 Å². The molecule has 1 N–H and O–H groups in total. The quantitative estimate of drug-likeness (QED) is 0.277. The molecule has 6 rings (SSSR count). The summed E-state index contributed by atoms with van der Waals surface area (Å²) in [5, 5.41) is 3.28. The molecule has 2 unspecified atom stereocenters. The second-order valence-corrected chi connectivity index (χ2v) is 12.8. The van der Waals surface area contributed by atoms with Gasteiger partial charge in [-0.05, 0) is 69.7 Å². The summed E-state index contributed by atoms with van der Waals surface area (Å²) in [5.41, 5.74) is 0.923. The Morgan fingerprint density at radius 3 is 2.47 bits per heavy atom. The standard InChI is InChI=1S/C32H43N5O6/c1-3-14-32(33-24-11-12-24)27(38)30(41)37(32)29(40)26-18-25(20-36(26)28(39)21(2)34-15-7-4-8-16-34)43-31(42)35-17-13-22-9-5-6-10-23(22)19-35/h5-6,9-10,21,24-26,33H,3-4,7-8,11-20H2,1-2H3/t21?,25-,26+,32?/m1/s1. The SMILES string of the molecule is CCCC1(NC2CC2)C(=O)C(=O)N1C(=O)[C@@H]1C[C@@H](OC(=O)N2CCc3ccccc3C2)CN1C(=O)C(C)N1CCCCC1. The zero-order valence-corrected chi connectivity index (χ0v) is 25.3. The van der Waals surface area contributed by atoms with Crippen LogP contribution in [0.5, 0.6) is 0 Å². The van der Waals surface area contributed by atoms with Gasteiger partial charge in [0.25, 0.3) is 11.7 Å². The highest BCUT2D eigenvalue weighted by molar-refractivity contribution is 6.49. The number of piperidine rings is 1. The molecular weight excluding hydrogens is 550 g/mol. The third kappa shape index (κ3) is 5.57. The fourth-order valence-corrected chi connectivity index (χ4v) is 7.22. The van der Waals surface area contributed by atoms with E-state index < -0.39 is 47.5 Å². The molecule has 1 saturated carbocycles. The Hall–Kier alpha value is -3.31. The number of ether oxygens (including phenoxy) is 1. The number of carbonyl (C=O) groups excluding carboxylic acids is 5. The van der Waals surface area contributed by atoms with E-state index in [9.17, 15) is 24.0 Å². The van der Waals surface area contributed by atoms with Crippen LogP contribution in [0, 0.1) is 0 Å². The van der Waals surface area contributed by atoms with E-state index in [1.807, 2.05) is 32.0 Å². The van der Waals surface area contributed by atoms with Crippen molar-refractivity contribution in [3.05, 3.63) is 35.4 Å². The van der Waals surface area contributed by atoms with E-state index in [0.717, 1.165) is 62.1 Å². The highest BCUT2D eigenvalue weighted by atomic mass is 16.6. The van der Waals surface area contributed by atoms with Crippen LogP contribution in [0.2, 0.25) is 0 Å². The van der Waals surface area contributed by atoms with Crippen LogP contribution in [0.1, 0.15) is 76.3 Å². The van der Waals surface area contributed by atoms with Crippen molar-refractivity contribution in [2.75, 3.05) is 26.2 Å². The third-order valence-corrected chi connectivity index (χ3v) is 9.79. The van der Waals surface area contributed by atoms with E-state index >= 15 is 0 Å². The summed E-state index contributed by atoms with van der Waals surface area (Å²) >= 11 is 0. The van der Waals surface area contributed by atoms with E-state index in [1.165, 1.54) is 10.5 Å². The summed E-state index contributed by atoms with van der Waals surface area (Å²) < 4.78 is 5.95. The maximum Gasteiger partial charge on any atom is 0.410 e. The smallest absolute Gasteiger partial charge is 0.410 e. The normalized spacial score (nSPS) is 28.4. The van der Waals surface area contributed by atoms with Crippen molar-refractivity contribution < 1.29 is 28.7 Å². The molecule has 4 atom stereocenters. The number of amides is 4. The lowest BCUT2D eigenvalue weighted by molar-refractivity contribution is -0.182. The van der Waals surface area contributed by atoms with Gasteiger partial charge in [0.15, 0.2) is 5.66 Å². The van der Waals surface area contributed by atoms with Crippen molar-refractivity contribution in [3.8, 4) is 0 Å². The number of nitrogens with zero attached hydrogens (tertiary/aromatic N) is 4. The third-order valence-electron chi connectivity index (χ3n) is 9.79. The number of Topliss-reactive ketones (excluding diaryl/α,β-unsaturated/α-hetero) is 1. The topological polar surface area (TPSA) is 120 Å². The van der Waals surface area contributed by atoms with Gasteiger partial charge in [0.05, 0.1) is 12.6 Å². The van der Waals surface area contributed by atoms with Crippen molar-refractivity contribution in [1.82, 2.24) is 24.9 Å². The predicted octanol–water partition coefficient (Wildman–Crippen LogP) is 2.21. The van der Waals surface area contributed by atoms with Crippen molar-refractivity contribution in [3.63, 3.8) is 0 Å². The lowest BCUT2D eigenvalue weighted by atomic mass is 9.85. The molecule has 1 aromatic rings.